The maximum Gasteiger partial charge on any atom is 0.250 e. The molecule has 4 aromatic carbocycles. The third kappa shape index (κ3) is 8.33. The van der Waals surface area contributed by atoms with Crippen LogP contribution in [0.1, 0.15) is 74.6 Å². The maximum absolute atomic E-state index is 13.9. The average molecular weight is 793 g/mol. The number of benzene rings is 4. The van der Waals surface area contributed by atoms with Gasteiger partial charge in [-0.2, -0.15) is 0 Å². The number of carbonyl (C=O) groups is 5. The molecule has 6 aromatic rings. The van der Waals surface area contributed by atoms with Gasteiger partial charge in [0.1, 0.15) is 23.9 Å². The van der Waals surface area contributed by atoms with Crippen molar-refractivity contribution in [3.8, 4) is 22.8 Å². The minimum atomic E-state index is -0.899. The zero-order chi connectivity index (χ0) is 41.0. The van der Waals surface area contributed by atoms with Gasteiger partial charge in [0.25, 0.3) is 0 Å². The summed E-state index contributed by atoms with van der Waals surface area (Å²) in [6.07, 6.45) is 4.33. The minimum absolute atomic E-state index is 0.181. The lowest BCUT2D eigenvalue weighted by atomic mass is 10.0. The van der Waals surface area contributed by atoms with Crippen molar-refractivity contribution in [1.82, 2.24) is 35.4 Å². The molecule has 4 atom stereocenters. The molecule has 0 aliphatic carbocycles. The molecule has 5 amide bonds. The van der Waals surface area contributed by atoms with Gasteiger partial charge in [-0.25, -0.2) is 9.97 Å². The zero-order valence-corrected chi connectivity index (χ0v) is 32.7. The summed E-state index contributed by atoms with van der Waals surface area (Å²) in [5, 5.41) is 8.56. The van der Waals surface area contributed by atoms with Crippen LogP contribution < -0.4 is 16.0 Å². The second-order valence-electron chi connectivity index (χ2n) is 14.9. The molecule has 2 aliphatic rings. The van der Waals surface area contributed by atoms with Crippen LogP contribution in [0.15, 0.2) is 114 Å². The van der Waals surface area contributed by atoms with Crippen LogP contribution in [0, 0.1) is 0 Å². The molecule has 0 saturated carbocycles. The smallest absolute Gasteiger partial charge is 0.250 e. The van der Waals surface area contributed by atoms with Gasteiger partial charge in [0.2, 0.25) is 35.4 Å². The Morgan fingerprint density at radius 3 is 2.05 bits per heavy atom. The predicted molar refractivity (Wildman–Crippen MR) is 220 cm³/mol. The summed E-state index contributed by atoms with van der Waals surface area (Å²) in [5.41, 5.74) is 4.81. The highest BCUT2D eigenvalue weighted by molar-refractivity contribution is 5.99. The van der Waals surface area contributed by atoms with Gasteiger partial charge in [0, 0.05) is 43.8 Å². The first-order valence-electron chi connectivity index (χ1n) is 19.7. The molecule has 0 bridgehead atoms. The molecule has 2 saturated heterocycles. The van der Waals surface area contributed by atoms with E-state index in [0.29, 0.717) is 60.2 Å². The lowest BCUT2D eigenvalue weighted by Gasteiger charge is -2.28. The van der Waals surface area contributed by atoms with Crippen molar-refractivity contribution in [2.45, 2.75) is 63.7 Å². The van der Waals surface area contributed by atoms with Crippen molar-refractivity contribution in [3.63, 3.8) is 0 Å². The Kier molecular flexibility index (Phi) is 11.0. The number of carbonyl (C=O) groups excluding carboxylic acids is 5. The number of aromatic amines is 1. The van der Waals surface area contributed by atoms with E-state index in [4.69, 9.17) is 9.40 Å². The monoisotopic (exact) mass is 792 g/mol. The molecule has 2 fully saturated rings. The number of likely N-dealkylation sites (tertiary alicyclic amines) is 2. The fraction of sp³-hybridized carbons (Fsp3) is 0.267. The molecular formula is C45H44N8O6. The van der Waals surface area contributed by atoms with E-state index < -0.39 is 18.1 Å². The van der Waals surface area contributed by atoms with Crippen LogP contribution in [0.5, 0.6) is 0 Å². The van der Waals surface area contributed by atoms with E-state index in [1.54, 1.807) is 58.5 Å². The first-order chi connectivity index (χ1) is 28.6. The quantitative estimate of drug-likeness (QED) is 0.119. The maximum atomic E-state index is 13.9. The van der Waals surface area contributed by atoms with Crippen LogP contribution in [-0.2, 0) is 24.0 Å². The number of fused-ring (bicyclic) bond motifs is 1. The Bertz CT molecular complexity index is 2520. The van der Waals surface area contributed by atoms with Crippen LogP contribution in [-0.4, -0.2) is 73.4 Å². The number of amides is 5. The number of hydrogen-bond donors (Lipinski definition) is 4. The number of hydrogen-bond acceptors (Lipinski definition) is 8. The topological polar surface area (TPSA) is 183 Å². The number of anilines is 1. The van der Waals surface area contributed by atoms with E-state index in [9.17, 15) is 24.0 Å². The van der Waals surface area contributed by atoms with Crippen molar-refractivity contribution < 1.29 is 28.4 Å². The Labute approximate surface area is 340 Å². The first kappa shape index (κ1) is 38.8. The van der Waals surface area contributed by atoms with Crippen molar-refractivity contribution >= 4 is 46.3 Å². The number of H-pyrrole nitrogens is 1. The summed E-state index contributed by atoms with van der Waals surface area (Å²) in [4.78, 5) is 81.6. The first-order valence-corrected chi connectivity index (χ1v) is 19.7. The standard InChI is InChI=1S/C45H44N8O6/c1-27(54)47-39(29-12-5-3-6-13-29)44(57)52-22-10-18-36(52)41-50-34-21-20-31(25-35(34)51-41)38-26-46-43(59-38)32-16-9-17-33(24-32)49-42(56)37-19-11-23-53(37)45(58)40(48-28(2)55)30-14-7-4-8-15-30/h3-9,12-17,20-21,24-26,36-37,39-40H,10-11,18-19,22-23H2,1-2H3,(H,47,54)(H,48,55)(H,49,56)(H,50,51)/t36-,37-,39+,40+/m0/s1. The van der Waals surface area contributed by atoms with Gasteiger partial charge < -0.3 is 35.2 Å². The van der Waals surface area contributed by atoms with Gasteiger partial charge in [-0.15, -0.1) is 0 Å². The normalized spacial score (nSPS) is 17.4. The molecule has 0 unspecified atom stereocenters. The summed E-state index contributed by atoms with van der Waals surface area (Å²) in [6, 6.07) is 28.5. The highest BCUT2D eigenvalue weighted by Gasteiger charge is 2.39. The van der Waals surface area contributed by atoms with Crippen molar-refractivity contribution in [1.29, 1.82) is 0 Å². The van der Waals surface area contributed by atoms with Crippen LogP contribution >= 0.6 is 0 Å². The molecule has 8 rings (SSSR count). The van der Waals surface area contributed by atoms with Crippen LogP contribution in [0.3, 0.4) is 0 Å². The molecule has 300 valence electrons. The molecule has 2 aromatic heterocycles. The number of rotatable bonds is 11. The average Bonchev–Trinajstić information content (AvgIpc) is 4.08. The molecule has 2 aliphatic heterocycles. The molecule has 0 spiro atoms. The number of nitrogens with zero attached hydrogens (tertiary/aromatic N) is 4. The molecular weight excluding hydrogens is 749 g/mol. The van der Waals surface area contributed by atoms with Crippen LogP contribution in [0.25, 0.3) is 33.8 Å². The molecule has 4 N–H and O–H groups in total. The lowest BCUT2D eigenvalue weighted by molar-refractivity contribution is -0.140. The third-order valence-electron chi connectivity index (χ3n) is 10.8. The number of oxazole rings is 1. The number of aromatic nitrogens is 3. The molecule has 14 nitrogen and oxygen atoms in total. The zero-order valence-electron chi connectivity index (χ0n) is 32.7. The van der Waals surface area contributed by atoms with Crippen LogP contribution in [0.2, 0.25) is 0 Å². The highest BCUT2D eigenvalue weighted by atomic mass is 16.4. The van der Waals surface area contributed by atoms with E-state index in [1.165, 1.54) is 13.8 Å². The van der Waals surface area contributed by atoms with Gasteiger partial charge in [-0.3, -0.25) is 24.0 Å². The summed E-state index contributed by atoms with van der Waals surface area (Å²) in [6.45, 7) is 3.73. The predicted octanol–water partition coefficient (Wildman–Crippen LogP) is 6.23. The largest absolute Gasteiger partial charge is 0.436 e. The van der Waals surface area contributed by atoms with Crippen molar-refractivity contribution in [2.75, 3.05) is 18.4 Å². The van der Waals surface area contributed by atoms with Crippen LogP contribution in [0.4, 0.5) is 5.69 Å². The Balaban J connectivity index is 0.959. The van der Waals surface area contributed by atoms with E-state index in [-0.39, 0.29) is 35.6 Å². The van der Waals surface area contributed by atoms with E-state index >= 15 is 0 Å². The fourth-order valence-electron chi connectivity index (χ4n) is 8.06. The van der Waals surface area contributed by atoms with Gasteiger partial charge in [0.05, 0.1) is 23.3 Å². The van der Waals surface area contributed by atoms with Gasteiger partial charge in [-0.1, -0.05) is 66.7 Å². The summed E-state index contributed by atoms with van der Waals surface area (Å²) >= 11 is 0. The molecule has 0 radical (unpaired) electrons. The second-order valence-corrected chi connectivity index (χ2v) is 14.9. The minimum Gasteiger partial charge on any atom is -0.436 e. The number of nitrogens with one attached hydrogen (secondary N) is 4. The van der Waals surface area contributed by atoms with E-state index in [0.717, 1.165) is 35.0 Å². The van der Waals surface area contributed by atoms with E-state index in [1.807, 2.05) is 60.7 Å². The van der Waals surface area contributed by atoms with Gasteiger partial charge in [-0.05, 0) is 73.2 Å². The van der Waals surface area contributed by atoms with Gasteiger partial charge in [0.15, 0.2) is 5.76 Å². The molecule has 4 heterocycles. The van der Waals surface area contributed by atoms with Crippen molar-refractivity contribution in [3.05, 3.63) is 126 Å². The third-order valence-corrected chi connectivity index (χ3v) is 10.8. The Morgan fingerprint density at radius 1 is 0.729 bits per heavy atom. The Morgan fingerprint density at radius 2 is 1.37 bits per heavy atom. The Hall–Kier alpha value is -7.09. The summed E-state index contributed by atoms with van der Waals surface area (Å²) in [7, 11) is 0. The van der Waals surface area contributed by atoms with Crippen molar-refractivity contribution in [2.24, 2.45) is 0 Å². The highest BCUT2D eigenvalue weighted by Crippen LogP contribution is 2.35. The molecule has 14 heteroatoms. The summed E-state index contributed by atoms with van der Waals surface area (Å²) in [5.74, 6) is 0.0922. The SMILES string of the molecule is CC(=O)N[C@@H](C(=O)N1CCC[C@H]1C(=O)Nc1cccc(-c2ncc(-c3ccc4nc([C@@H]5CCCN5C(=O)[C@H](NC(C)=O)c5ccccc5)[nH]c4c3)o2)c1)c1ccccc1. The second kappa shape index (κ2) is 16.8. The lowest BCUT2D eigenvalue weighted by Crippen LogP contribution is -2.48. The molecule has 59 heavy (non-hydrogen) atoms. The fourth-order valence-corrected chi connectivity index (χ4v) is 8.06. The summed E-state index contributed by atoms with van der Waals surface area (Å²) < 4.78 is 6.24. The van der Waals surface area contributed by atoms with Gasteiger partial charge >= 0.3 is 0 Å². The van der Waals surface area contributed by atoms with E-state index in [2.05, 4.69) is 25.9 Å². The number of imidazole rings is 1.